The first kappa shape index (κ1) is 16.1. The van der Waals surface area contributed by atoms with Crippen molar-refractivity contribution in [3.8, 4) is 17.6 Å². The lowest BCUT2D eigenvalue weighted by Gasteiger charge is -2.12. The van der Waals surface area contributed by atoms with Crippen LogP contribution in [0.1, 0.15) is 10.4 Å². The minimum atomic E-state index is -0.777. The van der Waals surface area contributed by atoms with Gasteiger partial charge in [0.2, 0.25) is 0 Å². The highest BCUT2D eigenvalue weighted by molar-refractivity contribution is 5.97. The van der Waals surface area contributed by atoms with E-state index in [-0.39, 0.29) is 17.8 Å². The van der Waals surface area contributed by atoms with Crippen molar-refractivity contribution >= 4 is 17.6 Å². The molecule has 1 amide bonds. The van der Waals surface area contributed by atoms with Crippen molar-refractivity contribution in [2.75, 3.05) is 33.1 Å². The maximum Gasteiger partial charge on any atom is 0.340 e. The average Bonchev–Trinajstić information content (AvgIpc) is 2.49. The van der Waals surface area contributed by atoms with Crippen LogP contribution < -0.4 is 20.5 Å². The molecule has 0 saturated heterocycles. The van der Waals surface area contributed by atoms with Gasteiger partial charge in [-0.2, -0.15) is 5.26 Å². The van der Waals surface area contributed by atoms with Gasteiger partial charge in [0.25, 0.3) is 5.91 Å². The molecule has 1 rings (SSSR count). The van der Waals surface area contributed by atoms with Gasteiger partial charge in [0.1, 0.15) is 6.54 Å². The van der Waals surface area contributed by atoms with Crippen molar-refractivity contribution in [3.63, 3.8) is 0 Å². The molecule has 8 nitrogen and oxygen atoms in total. The molecule has 1 aromatic rings. The number of amides is 1. The molecule has 3 N–H and O–H groups in total. The summed E-state index contributed by atoms with van der Waals surface area (Å²) in [5.74, 6) is -0.671. The van der Waals surface area contributed by atoms with Crippen LogP contribution in [0.2, 0.25) is 0 Å². The van der Waals surface area contributed by atoms with Gasteiger partial charge in [-0.1, -0.05) is 0 Å². The molecule has 0 aromatic heterocycles. The molecule has 0 aliphatic carbocycles. The molecule has 0 spiro atoms. The number of nitrogens with one attached hydrogen (secondary N) is 1. The lowest BCUT2D eigenvalue weighted by Crippen LogP contribution is -2.29. The van der Waals surface area contributed by atoms with E-state index in [4.69, 9.17) is 25.2 Å². The third kappa shape index (κ3) is 4.28. The maximum atomic E-state index is 11.9. The van der Waals surface area contributed by atoms with E-state index in [2.05, 4.69) is 5.32 Å². The van der Waals surface area contributed by atoms with Crippen LogP contribution in [0.5, 0.6) is 11.5 Å². The van der Waals surface area contributed by atoms with Crippen molar-refractivity contribution in [3.05, 3.63) is 17.7 Å². The number of nitrogens with zero attached hydrogens (tertiary/aromatic N) is 1. The van der Waals surface area contributed by atoms with Crippen LogP contribution in [0.3, 0.4) is 0 Å². The Balaban J connectivity index is 2.79. The van der Waals surface area contributed by atoms with E-state index in [0.29, 0.717) is 11.5 Å². The van der Waals surface area contributed by atoms with Crippen LogP contribution in [0.15, 0.2) is 12.1 Å². The smallest absolute Gasteiger partial charge is 0.340 e. The maximum absolute atomic E-state index is 11.9. The fraction of sp³-hybridized carbons (Fsp3) is 0.308. The van der Waals surface area contributed by atoms with Crippen molar-refractivity contribution in [1.29, 1.82) is 5.26 Å². The number of rotatable bonds is 6. The van der Waals surface area contributed by atoms with Gasteiger partial charge in [-0.15, -0.1) is 0 Å². The fourth-order valence-corrected chi connectivity index (χ4v) is 1.47. The van der Waals surface area contributed by atoms with E-state index in [1.807, 2.05) is 0 Å². The highest BCUT2D eigenvalue weighted by atomic mass is 16.5. The molecule has 8 heteroatoms. The van der Waals surface area contributed by atoms with Gasteiger partial charge in [-0.25, -0.2) is 4.79 Å². The van der Waals surface area contributed by atoms with Crippen LogP contribution >= 0.6 is 0 Å². The molecular formula is C13H15N3O5. The first-order chi connectivity index (χ1) is 10.0. The largest absolute Gasteiger partial charge is 0.493 e. The van der Waals surface area contributed by atoms with Gasteiger partial charge < -0.3 is 25.3 Å². The normalized spacial score (nSPS) is 9.38. The first-order valence-corrected chi connectivity index (χ1v) is 5.85. The molecular weight excluding hydrogens is 278 g/mol. The Morgan fingerprint density at radius 3 is 2.48 bits per heavy atom. The third-order valence-corrected chi connectivity index (χ3v) is 2.47. The van der Waals surface area contributed by atoms with Gasteiger partial charge in [0.15, 0.2) is 18.1 Å². The number of carbonyl (C=O) groups excluding carboxylic acids is 2. The minimum absolute atomic E-state index is 0.0562. The van der Waals surface area contributed by atoms with Crippen LogP contribution in [0, 0.1) is 11.3 Å². The number of anilines is 1. The number of hydrogen-bond acceptors (Lipinski definition) is 7. The number of nitrogen functional groups attached to an aromatic ring is 1. The number of methoxy groups -OCH3 is 2. The summed E-state index contributed by atoms with van der Waals surface area (Å²) >= 11 is 0. The standard InChI is InChI=1S/C13H15N3O5/c1-19-10-5-8(9(15)6-11(10)20-2)13(18)21-7-12(17)16-4-3-14/h5-6H,4,7,15H2,1-2H3,(H,16,17). The monoisotopic (exact) mass is 293 g/mol. The molecule has 0 unspecified atom stereocenters. The van der Waals surface area contributed by atoms with E-state index in [1.165, 1.54) is 26.4 Å². The summed E-state index contributed by atoms with van der Waals surface area (Å²) in [4.78, 5) is 23.1. The van der Waals surface area contributed by atoms with Gasteiger partial charge >= 0.3 is 5.97 Å². The summed E-state index contributed by atoms with van der Waals surface area (Å²) in [6.07, 6.45) is 0. The highest BCUT2D eigenvalue weighted by Crippen LogP contribution is 2.32. The fourth-order valence-electron chi connectivity index (χ4n) is 1.47. The zero-order valence-corrected chi connectivity index (χ0v) is 11.6. The van der Waals surface area contributed by atoms with Crippen LogP contribution in [0.25, 0.3) is 0 Å². The van der Waals surface area contributed by atoms with Crippen LogP contribution in [-0.2, 0) is 9.53 Å². The molecule has 0 bridgehead atoms. The lowest BCUT2D eigenvalue weighted by molar-refractivity contribution is -0.123. The van der Waals surface area contributed by atoms with Gasteiger partial charge in [-0.05, 0) is 0 Å². The molecule has 0 heterocycles. The Morgan fingerprint density at radius 2 is 1.90 bits per heavy atom. The highest BCUT2D eigenvalue weighted by Gasteiger charge is 2.17. The summed E-state index contributed by atoms with van der Waals surface area (Å²) in [6, 6.07) is 4.52. The zero-order chi connectivity index (χ0) is 15.8. The molecule has 0 aliphatic heterocycles. The number of hydrogen-bond donors (Lipinski definition) is 2. The number of ether oxygens (including phenoxy) is 3. The second-order valence-corrected chi connectivity index (χ2v) is 3.81. The number of nitrogens with two attached hydrogens (primary N) is 1. The number of esters is 1. The van der Waals surface area contributed by atoms with Gasteiger partial charge in [-0.3, -0.25) is 4.79 Å². The second kappa shape index (κ2) is 7.59. The number of carbonyl (C=O) groups is 2. The predicted octanol–water partition coefficient (Wildman–Crippen LogP) is 0.0826. The Labute approximate surface area is 121 Å². The van der Waals surface area contributed by atoms with Crippen molar-refractivity contribution in [2.45, 2.75) is 0 Å². The molecule has 1 aromatic carbocycles. The minimum Gasteiger partial charge on any atom is -0.493 e. The van der Waals surface area contributed by atoms with E-state index < -0.39 is 18.5 Å². The summed E-state index contributed by atoms with van der Waals surface area (Å²) in [5, 5.41) is 10.5. The van der Waals surface area contributed by atoms with E-state index in [9.17, 15) is 9.59 Å². The molecule has 0 atom stereocenters. The summed E-state index contributed by atoms with van der Waals surface area (Å²) in [7, 11) is 2.85. The Kier molecular flexibility index (Phi) is 5.82. The molecule has 112 valence electrons. The molecule has 0 aliphatic rings. The Hall–Kier alpha value is -2.95. The van der Waals surface area contributed by atoms with Crippen molar-refractivity contribution in [2.24, 2.45) is 0 Å². The van der Waals surface area contributed by atoms with Crippen LogP contribution in [0.4, 0.5) is 5.69 Å². The Bertz CT molecular complexity index is 580. The first-order valence-electron chi connectivity index (χ1n) is 5.85. The lowest BCUT2D eigenvalue weighted by atomic mass is 10.1. The number of benzene rings is 1. The van der Waals surface area contributed by atoms with Gasteiger partial charge in [0, 0.05) is 12.1 Å². The van der Waals surface area contributed by atoms with Crippen molar-refractivity contribution in [1.82, 2.24) is 5.32 Å². The summed E-state index contributed by atoms with van der Waals surface area (Å²) < 4.78 is 14.9. The molecule has 0 saturated carbocycles. The summed E-state index contributed by atoms with van der Waals surface area (Å²) in [5.41, 5.74) is 5.92. The Morgan fingerprint density at radius 1 is 1.29 bits per heavy atom. The zero-order valence-electron chi connectivity index (χ0n) is 11.6. The SMILES string of the molecule is COc1cc(N)c(C(=O)OCC(=O)NCC#N)cc1OC. The molecule has 0 fully saturated rings. The molecule has 0 radical (unpaired) electrons. The quantitative estimate of drug-likeness (QED) is 0.432. The van der Waals surface area contributed by atoms with E-state index in [0.717, 1.165) is 0 Å². The number of nitriles is 1. The van der Waals surface area contributed by atoms with Crippen LogP contribution in [-0.4, -0.2) is 39.2 Å². The third-order valence-electron chi connectivity index (χ3n) is 2.47. The average molecular weight is 293 g/mol. The predicted molar refractivity (Wildman–Crippen MR) is 72.9 cm³/mol. The van der Waals surface area contributed by atoms with Gasteiger partial charge in [0.05, 0.1) is 31.5 Å². The molecule has 21 heavy (non-hydrogen) atoms. The van der Waals surface area contributed by atoms with E-state index >= 15 is 0 Å². The second-order valence-electron chi connectivity index (χ2n) is 3.81. The summed E-state index contributed by atoms with van der Waals surface area (Å²) in [6.45, 7) is -0.664. The topological polar surface area (TPSA) is 124 Å². The van der Waals surface area contributed by atoms with Crippen molar-refractivity contribution < 1.29 is 23.8 Å². The van der Waals surface area contributed by atoms with E-state index in [1.54, 1.807) is 6.07 Å².